The van der Waals surface area contributed by atoms with Gasteiger partial charge in [-0.05, 0) is 6.08 Å². The predicted molar refractivity (Wildman–Crippen MR) is 65.6 cm³/mol. The Labute approximate surface area is 92.3 Å². The minimum absolute atomic E-state index is 0.180. The largest absolute Gasteiger partial charge is 0.403 e. The van der Waals surface area contributed by atoms with Gasteiger partial charge in [0, 0.05) is 18.4 Å². The van der Waals surface area contributed by atoms with Crippen molar-refractivity contribution in [2.24, 2.45) is 0 Å². The summed E-state index contributed by atoms with van der Waals surface area (Å²) >= 11 is 0. The van der Waals surface area contributed by atoms with E-state index in [-0.39, 0.29) is 6.85 Å². The van der Waals surface area contributed by atoms with Crippen molar-refractivity contribution < 1.29 is 0 Å². The summed E-state index contributed by atoms with van der Waals surface area (Å²) in [4.78, 5) is 2.08. The fourth-order valence-electron chi connectivity index (χ4n) is 1.59. The maximum atomic E-state index is 5.33. The van der Waals surface area contributed by atoms with E-state index in [0.717, 1.165) is 5.70 Å². The van der Waals surface area contributed by atoms with Gasteiger partial charge in [-0.25, -0.2) is 0 Å². The maximum absolute atomic E-state index is 5.33. The van der Waals surface area contributed by atoms with Crippen LogP contribution in [0.2, 0.25) is 6.32 Å². The first-order chi connectivity index (χ1) is 7.33. The average Bonchev–Trinajstić information content (AvgIpc) is 2.23. The molecule has 0 bridgehead atoms. The van der Waals surface area contributed by atoms with Gasteiger partial charge in [-0.1, -0.05) is 18.0 Å². The van der Waals surface area contributed by atoms with E-state index in [2.05, 4.69) is 28.5 Å². The molecule has 0 aromatic heterocycles. The standard InChI is InChI=1S/C13H12BN/c1-4-8-13-9-7-11-14(10-5-2)15(13)12-6-3/h1-3,7,9,11H,8,10,12H2. The Hall–Kier alpha value is -1.98. The SMILES string of the molecule is C#CCB1C=CC=C(CC#C)N1CC#C. The molecule has 0 spiro atoms. The summed E-state index contributed by atoms with van der Waals surface area (Å²) in [5.41, 5.74) is 1.07. The molecular formula is C13H12BN. The first-order valence-corrected chi connectivity index (χ1v) is 4.78. The van der Waals surface area contributed by atoms with E-state index in [1.165, 1.54) is 0 Å². The van der Waals surface area contributed by atoms with Crippen molar-refractivity contribution >= 4 is 6.85 Å². The van der Waals surface area contributed by atoms with Gasteiger partial charge in [0.25, 0.3) is 6.85 Å². The van der Waals surface area contributed by atoms with E-state index in [1.807, 2.05) is 12.2 Å². The van der Waals surface area contributed by atoms with Crippen LogP contribution in [0.3, 0.4) is 0 Å². The van der Waals surface area contributed by atoms with Crippen molar-refractivity contribution in [3.05, 3.63) is 23.8 Å². The van der Waals surface area contributed by atoms with Crippen LogP contribution < -0.4 is 0 Å². The van der Waals surface area contributed by atoms with Crippen LogP contribution in [-0.4, -0.2) is 18.2 Å². The van der Waals surface area contributed by atoms with Crippen molar-refractivity contribution in [2.45, 2.75) is 12.7 Å². The lowest BCUT2D eigenvalue weighted by molar-refractivity contribution is 0.586. The first-order valence-electron chi connectivity index (χ1n) is 4.78. The summed E-state index contributed by atoms with van der Waals surface area (Å²) in [5, 5.41) is 0. The molecule has 0 N–H and O–H groups in total. The maximum Gasteiger partial charge on any atom is 0.294 e. The summed E-state index contributed by atoms with van der Waals surface area (Å²) in [6.45, 7) is 0.726. The van der Waals surface area contributed by atoms with E-state index in [0.29, 0.717) is 19.3 Å². The monoisotopic (exact) mass is 193 g/mol. The molecule has 0 fully saturated rings. The lowest BCUT2D eigenvalue weighted by atomic mass is 9.55. The number of terminal acetylenes is 3. The molecule has 0 saturated heterocycles. The highest BCUT2D eigenvalue weighted by molar-refractivity contribution is 6.63. The molecule has 1 nitrogen and oxygen atoms in total. The van der Waals surface area contributed by atoms with Crippen LogP contribution in [0.25, 0.3) is 0 Å². The zero-order valence-corrected chi connectivity index (χ0v) is 8.61. The fourth-order valence-corrected chi connectivity index (χ4v) is 1.59. The molecule has 0 aromatic rings. The van der Waals surface area contributed by atoms with Crippen LogP contribution >= 0.6 is 0 Å². The molecule has 2 heteroatoms. The second-order valence-electron chi connectivity index (χ2n) is 3.23. The average molecular weight is 193 g/mol. The molecule has 15 heavy (non-hydrogen) atoms. The molecule has 0 radical (unpaired) electrons. The summed E-state index contributed by atoms with van der Waals surface area (Å²) < 4.78 is 0. The number of rotatable bonds is 3. The molecule has 0 amide bonds. The van der Waals surface area contributed by atoms with Crippen LogP contribution in [0.15, 0.2) is 23.8 Å². The molecule has 72 valence electrons. The third-order valence-corrected chi connectivity index (χ3v) is 2.26. The molecule has 0 aliphatic carbocycles. The molecule has 1 rings (SSSR count). The van der Waals surface area contributed by atoms with Crippen LogP contribution in [0.4, 0.5) is 0 Å². The smallest absolute Gasteiger partial charge is 0.294 e. The van der Waals surface area contributed by atoms with Crippen molar-refractivity contribution in [1.29, 1.82) is 0 Å². The zero-order valence-electron chi connectivity index (χ0n) is 8.61. The molecule has 1 aliphatic rings. The highest BCUT2D eigenvalue weighted by Crippen LogP contribution is 2.17. The second kappa shape index (κ2) is 5.69. The van der Waals surface area contributed by atoms with Crippen LogP contribution in [0.5, 0.6) is 0 Å². The van der Waals surface area contributed by atoms with Gasteiger partial charge in [-0.2, -0.15) is 0 Å². The zero-order chi connectivity index (χ0) is 11.1. The van der Waals surface area contributed by atoms with Gasteiger partial charge in [0.1, 0.15) is 0 Å². The van der Waals surface area contributed by atoms with Crippen molar-refractivity contribution in [1.82, 2.24) is 4.81 Å². The molecule has 0 saturated carbocycles. The quantitative estimate of drug-likeness (QED) is 0.485. The predicted octanol–water partition coefficient (Wildman–Crippen LogP) is 1.56. The molecule has 1 heterocycles. The van der Waals surface area contributed by atoms with Gasteiger partial charge < -0.3 is 4.81 Å². The lowest BCUT2D eigenvalue weighted by Crippen LogP contribution is -2.38. The normalized spacial score (nSPS) is 13.8. The van der Waals surface area contributed by atoms with Gasteiger partial charge >= 0.3 is 0 Å². The van der Waals surface area contributed by atoms with E-state index < -0.39 is 0 Å². The van der Waals surface area contributed by atoms with Gasteiger partial charge in [0.2, 0.25) is 0 Å². The highest BCUT2D eigenvalue weighted by atomic mass is 15.1. The Morgan fingerprint density at radius 2 is 2.00 bits per heavy atom. The number of nitrogens with zero attached hydrogens (tertiary/aromatic N) is 1. The molecule has 1 aliphatic heterocycles. The fraction of sp³-hybridized carbons (Fsp3) is 0.231. The van der Waals surface area contributed by atoms with E-state index >= 15 is 0 Å². The minimum atomic E-state index is 0.180. The third kappa shape index (κ3) is 2.73. The summed E-state index contributed by atoms with van der Waals surface area (Å²) in [7, 11) is 0. The Bertz CT molecular complexity index is 398. The van der Waals surface area contributed by atoms with Gasteiger partial charge in [-0.3, -0.25) is 0 Å². The number of hydrogen-bond acceptors (Lipinski definition) is 1. The van der Waals surface area contributed by atoms with E-state index in [4.69, 9.17) is 19.3 Å². The minimum Gasteiger partial charge on any atom is -0.403 e. The second-order valence-corrected chi connectivity index (χ2v) is 3.23. The van der Waals surface area contributed by atoms with Crippen LogP contribution in [-0.2, 0) is 0 Å². The van der Waals surface area contributed by atoms with Crippen molar-refractivity contribution in [2.75, 3.05) is 6.54 Å². The lowest BCUT2D eigenvalue weighted by Gasteiger charge is -2.30. The van der Waals surface area contributed by atoms with Gasteiger partial charge in [-0.15, -0.1) is 31.1 Å². The highest BCUT2D eigenvalue weighted by Gasteiger charge is 2.22. The molecule has 0 atom stereocenters. The first kappa shape index (κ1) is 11.1. The third-order valence-electron chi connectivity index (χ3n) is 2.26. The molecule has 0 aromatic carbocycles. The van der Waals surface area contributed by atoms with Crippen molar-refractivity contribution in [3.8, 4) is 37.0 Å². The number of allylic oxidation sites excluding steroid dienone is 3. The Morgan fingerprint density at radius 3 is 2.60 bits per heavy atom. The number of hydrogen-bond donors (Lipinski definition) is 0. The summed E-state index contributed by atoms with van der Waals surface area (Å²) in [6.07, 6.45) is 21.2. The Kier molecular flexibility index (Phi) is 4.21. The molecule has 0 unspecified atom stereocenters. The Balaban J connectivity index is 2.84. The summed E-state index contributed by atoms with van der Waals surface area (Å²) in [6, 6.07) is 0. The van der Waals surface area contributed by atoms with E-state index in [9.17, 15) is 0 Å². The Morgan fingerprint density at radius 1 is 1.20 bits per heavy atom. The van der Waals surface area contributed by atoms with Crippen LogP contribution in [0, 0.1) is 37.0 Å². The van der Waals surface area contributed by atoms with E-state index in [1.54, 1.807) is 0 Å². The molecular weight excluding hydrogens is 181 g/mol. The van der Waals surface area contributed by atoms with Gasteiger partial charge in [0.05, 0.1) is 6.54 Å². The van der Waals surface area contributed by atoms with Gasteiger partial charge in [0.15, 0.2) is 0 Å². The topological polar surface area (TPSA) is 3.24 Å². The summed E-state index contributed by atoms with van der Waals surface area (Å²) in [5.74, 6) is 9.95. The van der Waals surface area contributed by atoms with Crippen LogP contribution in [0.1, 0.15) is 6.42 Å². The van der Waals surface area contributed by atoms with Crippen molar-refractivity contribution in [3.63, 3.8) is 0 Å².